The van der Waals surface area contributed by atoms with E-state index in [1.165, 1.54) is 7.11 Å². The Hall–Kier alpha value is -1.66. The minimum absolute atomic E-state index is 0. The SMILES string of the molecule is CCCCCNC(=O)C1CCN(C(=O)c2cc(Cl)c(N)cc2OC)CC1.Cl. The minimum atomic E-state index is -0.148. The van der Waals surface area contributed by atoms with E-state index in [9.17, 15) is 9.59 Å². The summed E-state index contributed by atoms with van der Waals surface area (Å²) in [6, 6.07) is 3.11. The summed E-state index contributed by atoms with van der Waals surface area (Å²) in [7, 11) is 1.49. The molecule has 0 spiro atoms. The average Bonchev–Trinajstić information content (AvgIpc) is 2.66. The summed E-state index contributed by atoms with van der Waals surface area (Å²) < 4.78 is 5.27. The Morgan fingerprint density at radius 2 is 1.96 bits per heavy atom. The lowest BCUT2D eigenvalue weighted by molar-refractivity contribution is -0.126. The largest absolute Gasteiger partial charge is 0.496 e. The molecule has 1 aromatic rings. The molecule has 1 aliphatic rings. The number of rotatable bonds is 7. The van der Waals surface area contributed by atoms with E-state index < -0.39 is 0 Å². The van der Waals surface area contributed by atoms with E-state index in [0.717, 1.165) is 25.8 Å². The number of amides is 2. The number of likely N-dealkylation sites (tertiary alicyclic amines) is 1. The number of carbonyl (C=O) groups excluding carboxylic acids is 2. The Morgan fingerprint density at radius 3 is 2.56 bits per heavy atom. The van der Waals surface area contributed by atoms with Gasteiger partial charge in [-0.15, -0.1) is 12.4 Å². The molecule has 0 aromatic heterocycles. The number of carbonyl (C=O) groups is 2. The molecule has 1 fully saturated rings. The van der Waals surface area contributed by atoms with Gasteiger partial charge in [0, 0.05) is 31.6 Å². The van der Waals surface area contributed by atoms with E-state index in [0.29, 0.717) is 48.0 Å². The molecule has 1 aliphatic heterocycles. The molecule has 1 aromatic carbocycles. The first-order valence-corrected chi connectivity index (χ1v) is 9.55. The summed E-state index contributed by atoms with van der Waals surface area (Å²) in [5.41, 5.74) is 6.54. The number of unbranched alkanes of at least 4 members (excludes halogenated alkanes) is 2. The van der Waals surface area contributed by atoms with Crippen LogP contribution in [0.25, 0.3) is 0 Å². The van der Waals surface area contributed by atoms with E-state index in [2.05, 4.69) is 12.2 Å². The predicted octanol–water partition coefficient (Wildman–Crippen LogP) is 3.51. The van der Waals surface area contributed by atoms with Crippen LogP contribution in [-0.2, 0) is 4.79 Å². The van der Waals surface area contributed by atoms with Crippen LogP contribution < -0.4 is 15.8 Å². The van der Waals surface area contributed by atoms with Crippen LogP contribution in [-0.4, -0.2) is 43.5 Å². The van der Waals surface area contributed by atoms with Crippen molar-refractivity contribution in [3.63, 3.8) is 0 Å². The topological polar surface area (TPSA) is 84.7 Å². The van der Waals surface area contributed by atoms with Crippen molar-refractivity contribution in [1.29, 1.82) is 0 Å². The van der Waals surface area contributed by atoms with E-state index >= 15 is 0 Å². The first-order valence-electron chi connectivity index (χ1n) is 9.17. The van der Waals surface area contributed by atoms with Crippen molar-refractivity contribution in [3.8, 4) is 5.75 Å². The van der Waals surface area contributed by atoms with Gasteiger partial charge in [-0.25, -0.2) is 0 Å². The predicted molar refractivity (Wildman–Crippen MR) is 111 cm³/mol. The first kappa shape index (κ1) is 23.4. The fraction of sp³-hybridized carbons (Fsp3) is 0.579. The maximum atomic E-state index is 12.8. The second kappa shape index (κ2) is 11.2. The van der Waals surface area contributed by atoms with E-state index in [-0.39, 0.29) is 30.1 Å². The number of methoxy groups -OCH3 is 1. The van der Waals surface area contributed by atoms with Crippen LogP contribution in [0.3, 0.4) is 0 Å². The molecular weight excluding hydrogens is 389 g/mol. The highest BCUT2D eigenvalue weighted by atomic mass is 35.5. The Bertz CT molecular complexity index is 647. The highest BCUT2D eigenvalue weighted by molar-refractivity contribution is 6.33. The Balaban J connectivity index is 0.00000364. The molecular formula is C19H29Cl2N3O3. The summed E-state index contributed by atoms with van der Waals surface area (Å²) in [6.07, 6.45) is 4.60. The number of anilines is 1. The van der Waals surface area contributed by atoms with E-state index in [4.69, 9.17) is 22.1 Å². The highest BCUT2D eigenvalue weighted by Crippen LogP contribution is 2.30. The van der Waals surface area contributed by atoms with Crippen molar-refractivity contribution >= 4 is 41.5 Å². The number of nitrogens with two attached hydrogens (primary N) is 1. The monoisotopic (exact) mass is 417 g/mol. The Morgan fingerprint density at radius 1 is 1.30 bits per heavy atom. The second-order valence-electron chi connectivity index (χ2n) is 6.64. The molecule has 2 amide bonds. The van der Waals surface area contributed by atoms with Gasteiger partial charge >= 0.3 is 0 Å². The Kier molecular flexibility index (Phi) is 9.74. The number of nitrogen functional groups attached to an aromatic ring is 1. The zero-order valence-electron chi connectivity index (χ0n) is 15.9. The number of benzene rings is 1. The van der Waals surface area contributed by atoms with Crippen molar-refractivity contribution in [1.82, 2.24) is 10.2 Å². The number of halogens is 2. The third-order valence-corrected chi connectivity index (χ3v) is 5.11. The molecule has 27 heavy (non-hydrogen) atoms. The second-order valence-corrected chi connectivity index (χ2v) is 7.05. The number of nitrogens with zero attached hydrogens (tertiary/aromatic N) is 1. The maximum absolute atomic E-state index is 12.8. The number of nitrogens with one attached hydrogen (secondary N) is 1. The molecule has 0 bridgehead atoms. The molecule has 0 saturated carbocycles. The fourth-order valence-electron chi connectivity index (χ4n) is 3.15. The van der Waals surface area contributed by atoms with Gasteiger partial charge in [-0.3, -0.25) is 9.59 Å². The molecule has 0 aliphatic carbocycles. The van der Waals surface area contributed by atoms with Crippen molar-refractivity contribution in [3.05, 3.63) is 22.7 Å². The van der Waals surface area contributed by atoms with Crippen molar-refractivity contribution in [2.45, 2.75) is 39.0 Å². The van der Waals surface area contributed by atoms with Gasteiger partial charge < -0.3 is 20.7 Å². The quantitative estimate of drug-likeness (QED) is 0.524. The summed E-state index contributed by atoms with van der Waals surface area (Å²) in [5, 5.41) is 3.33. The molecule has 3 N–H and O–H groups in total. The van der Waals surface area contributed by atoms with Crippen LogP contribution in [0.1, 0.15) is 49.4 Å². The lowest BCUT2D eigenvalue weighted by Gasteiger charge is -2.31. The van der Waals surface area contributed by atoms with Crippen LogP contribution in [0.2, 0.25) is 5.02 Å². The molecule has 1 saturated heterocycles. The number of piperidine rings is 1. The molecule has 0 unspecified atom stereocenters. The smallest absolute Gasteiger partial charge is 0.257 e. The third-order valence-electron chi connectivity index (χ3n) is 4.78. The lowest BCUT2D eigenvalue weighted by atomic mass is 9.95. The van der Waals surface area contributed by atoms with Crippen molar-refractivity contribution in [2.75, 3.05) is 32.5 Å². The number of ether oxygens (including phenoxy) is 1. The van der Waals surface area contributed by atoms with Gasteiger partial charge in [-0.1, -0.05) is 31.4 Å². The summed E-state index contributed by atoms with van der Waals surface area (Å²) >= 11 is 6.06. The van der Waals surface area contributed by atoms with Gasteiger partial charge in [0.25, 0.3) is 5.91 Å². The molecule has 0 atom stereocenters. The zero-order chi connectivity index (χ0) is 19.1. The highest BCUT2D eigenvalue weighted by Gasteiger charge is 2.29. The van der Waals surface area contributed by atoms with Crippen LogP contribution in [0.4, 0.5) is 5.69 Å². The minimum Gasteiger partial charge on any atom is -0.496 e. The third kappa shape index (κ3) is 6.18. The first-order chi connectivity index (χ1) is 12.5. The van der Waals surface area contributed by atoms with Gasteiger partial charge in [0.15, 0.2) is 0 Å². The van der Waals surface area contributed by atoms with Crippen molar-refractivity contribution in [2.24, 2.45) is 5.92 Å². The van der Waals surface area contributed by atoms with Gasteiger partial charge in [0.1, 0.15) is 5.75 Å². The number of hydrogen-bond donors (Lipinski definition) is 2. The molecule has 152 valence electrons. The molecule has 6 nitrogen and oxygen atoms in total. The summed E-state index contributed by atoms with van der Waals surface area (Å²) in [6.45, 7) is 3.94. The number of hydrogen-bond acceptors (Lipinski definition) is 4. The molecule has 8 heteroatoms. The van der Waals surface area contributed by atoms with Gasteiger partial charge in [0.2, 0.25) is 5.91 Å². The molecule has 0 radical (unpaired) electrons. The standard InChI is InChI=1S/C19H28ClN3O3.ClH/c1-3-4-5-8-22-18(24)13-6-9-23(10-7-13)19(25)14-11-15(20)16(21)12-17(14)26-2;/h11-13H,3-10,21H2,1-2H3,(H,22,24);1H. The van der Waals surface area contributed by atoms with Crippen LogP contribution in [0, 0.1) is 5.92 Å². The van der Waals surface area contributed by atoms with Crippen LogP contribution >= 0.6 is 24.0 Å². The normalized spacial score (nSPS) is 14.4. The van der Waals surface area contributed by atoms with E-state index in [1.807, 2.05) is 0 Å². The van der Waals surface area contributed by atoms with Crippen molar-refractivity contribution < 1.29 is 14.3 Å². The zero-order valence-corrected chi connectivity index (χ0v) is 17.5. The summed E-state index contributed by atoms with van der Waals surface area (Å²) in [4.78, 5) is 26.8. The van der Waals surface area contributed by atoms with Gasteiger partial charge in [-0.05, 0) is 25.3 Å². The van der Waals surface area contributed by atoms with E-state index in [1.54, 1.807) is 17.0 Å². The van der Waals surface area contributed by atoms with Crippen LogP contribution in [0.15, 0.2) is 12.1 Å². The summed E-state index contributed by atoms with van der Waals surface area (Å²) in [5.74, 6) is 0.331. The van der Waals surface area contributed by atoms with Gasteiger partial charge in [-0.2, -0.15) is 0 Å². The maximum Gasteiger partial charge on any atom is 0.257 e. The molecule has 1 heterocycles. The Labute approximate surface area is 172 Å². The van der Waals surface area contributed by atoms with Gasteiger partial charge in [0.05, 0.1) is 23.4 Å². The fourth-order valence-corrected chi connectivity index (χ4v) is 3.31. The van der Waals surface area contributed by atoms with Crippen LogP contribution in [0.5, 0.6) is 5.75 Å². The molecule has 2 rings (SSSR count). The lowest BCUT2D eigenvalue weighted by Crippen LogP contribution is -2.43. The average molecular weight is 418 g/mol.